The van der Waals surface area contributed by atoms with Crippen molar-refractivity contribution in [3.05, 3.63) is 59.9 Å². The largest absolute Gasteiger partial charge is 0.356 e. The molecule has 0 atom stereocenters. The maximum absolute atomic E-state index is 12.9. The molecule has 0 bridgehead atoms. The first-order chi connectivity index (χ1) is 11.6. The second-order valence-corrected chi connectivity index (χ2v) is 6.16. The molecule has 4 nitrogen and oxygen atoms in total. The quantitative estimate of drug-likeness (QED) is 0.939. The van der Waals surface area contributed by atoms with Crippen molar-refractivity contribution in [2.45, 2.75) is 6.42 Å². The second kappa shape index (κ2) is 7.45. The number of nitrogens with zero attached hydrogens (tertiary/aromatic N) is 2. The summed E-state index contributed by atoms with van der Waals surface area (Å²) in [6.07, 6.45) is 1.01. The van der Waals surface area contributed by atoms with Crippen LogP contribution in [-0.2, 0) is 0 Å². The molecule has 126 valence electrons. The first kappa shape index (κ1) is 16.5. The standard InChI is InChI=1S/C19H22FN3O/c1-22-11-2-12-23(14-13-22)19(24)15-3-7-17(8-4-15)21-18-9-5-16(20)6-10-18/h3-10,21H,2,11-14H2,1H3. The number of halogens is 1. The van der Waals surface area contributed by atoms with Gasteiger partial charge < -0.3 is 15.1 Å². The monoisotopic (exact) mass is 327 g/mol. The van der Waals surface area contributed by atoms with Gasteiger partial charge in [-0.15, -0.1) is 0 Å². The van der Waals surface area contributed by atoms with Gasteiger partial charge in [0, 0.05) is 36.6 Å². The smallest absolute Gasteiger partial charge is 0.253 e. The summed E-state index contributed by atoms with van der Waals surface area (Å²) in [7, 11) is 2.09. The van der Waals surface area contributed by atoms with Crippen molar-refractivity contribution in [3.63, 3.8) is 0 Å². The van der Waals surface area contributed by atoms with Gasteiger partial charge in [-0.05, 0) is 68.5 Å². The van der Waals surface area contributed by atoms with E-state index < -0.39 is 0 Å². The van der Waals surface area contributed by atoms with Gasteiger partial charge >= 0.3 is 0 Å². The van der Waals surface area contributed by atoms with E-state index in [0.717, 1.165) is 44.0 Å². The Morgan fingerprint density at radius 3 is 2.21 bits per heavy atom. The van der Waals surface area contributed by atoms with Gasteiger partial charge in [0.15, 0.2) is 0 Å². The highest BCUT2D eigenvalue weighted by molar-refractivity contribution is 5.94. The fourth-order valence-corrected chi connectivity index (χ4v) is 2.83. The maximum atomic E-state index is 12.9. The van der Waals surface area contributed by atoms with Crippen LogP contribution in [0.15, 0.2) is 48.5 Å². The summed E-state index contributed by atoms with van der Waals surface area (Å²) in [5, 5.41) is 3.19. The molecule has 24 heavy (non-hydrogen) atoms. The molecule has 0 spiro atoms. The van der Waals surface area contributed by atoms with Gasteiger partial charge in [0.25, 0.3) is 5.91 Å². The van der Waals surface area contributed by atoms with E-state index >= 15 is 0 Å². The molecule has 1 aliphatic heterocycles. The van der Waals surface area contributed by atoms with E-state index in [0.29, 0.717) is 5.56 Å². The molecular weight excluding hydrogens is 305 g/mol. The topological polar surface area (TPSA) is 35.6 Å². The van der Waals surface area contributed by atoms with Crippen LogP contribution in [0.4, 0.5) is 15.8 Å². The normalized spacial score (nSPS) is 15.8. The zero-order valence-electron chi connectivity index (χ0n) is 13.8. The molecular formula is C19H22FN3O. The van der Waals surface area contributed by atoms with Gasteiger partial charge in [-0.25, -0.2) is 4.39 Å². The minimum absolute atomic E-state index is 0.0821. The van der Waals surface area contributed by atoms with E-state index in [9.17, 15) is 9.18 Å². The third-order valence-electron chi connectivity index (χ3n) is 4.27. The summed E-state index contributed by atoms with van der Waals surface area (Å²) in [4.78, 5) is 16.8. The summed E-state index contributed by atoms with van der Waals surface area (Å²) < 4.78 is 12.9. The van der Waals surface area contributed by atoms with Crippen LogP contribution in [0.5, 0.6) is 0 Å². The number of anilines is 2. The molecule has 3 rings (SSSR count). The lowest BCUT2D eigenvalue weighted by Crippen LogP contribution is -2.34. The van der Waals surface area contributed by atoms with Gasteiger partial charge in [0.05, 0.1) is 0 Å². The molecule has 5 heteroatoms. The SMILES string of the molecule is CN1CCCN(C(=O)c2ccc(Nc3ccc(F)cc3)cc2)CC1. The third-order valence-corrected chi connectivity index (χ3v) is 4.27. The van der Waals surface area contributed by atoms with Crippen LogP contribution < -0.4 is 5.32 Å². The van der Waals surface area contributed by atoms with E-state index in [1.165, 1.54) is 12.1 Å². The Kier molecular flexibility index (Phi) is 5.11. The number of benzene rings is 2. The van der Waals surface area contributed by atoms with Crippen molar-refractivity contribution in [3.8, 4) is 0 Å². The van der Waals surface area contributed by atoms with Crippen LogP contribution in [0.1, 0.15) is 16.8 Å². The fourth-order valence-electron chi connectivity index (χ4n) is 2.83. The third kappa shape index (κ3) is 4.11. The Morgan fingerprint density at radius 1 is 0.917 bits per heavy atom. The molecule has 0 aliphatic carbocycles. The molecule has 0 aromatic heterocycles. The lowest BCUT2D eigenvalue weighted by atomic mass is 10.1. The Bertz CT molecular complexity index is 685. The molecule has 0 radical (unpaired) electrons. The van der Waals surface area contributed by atoms with Gasteiger partial charge in [0.2, 0.25) is 0 Å². The second-order valence-electron chi connectivity index (χ2n) is 6.16. The van der Waals surface area contributed by atoms with E-state index in [-0.39, 0.29) is 11.7 Å². The molecule has 2 aromatic carbocycles. The number of nitrogens with one attached hydrogen (secondary N) is 1. The van der Waals surface area contributed by atoms with Crippen LogP contribution in [0.3, 0.4) is 0 Å². The summed E-state index contributed by atoms with van der Waals surface area (Å²) in [6, 6.07) is 13.6. The Balaban J connectivity index is 1.65. The number of likely N-dealkylation sites (N-methyl/N-ethyl adjacent to an activating group) is 1. The minimum atomic E-state index is -0.260. The number of amides is 1. The predicted molar refractivity (Wildman–Crippen MR) is 94.1 cm³/mol. The molecule has 1 fully saturated rings. The van der Waals surface area contributed by atoms with Crippen LogP contribution in [0.25, 0.3) is 0 Å². The predicted octanol–water partition coefficient (Wildman–Crippen LogP) is 3.35. The summed E-state index contributed by atoms with van der Waals surface area (Å²) in [5.41, 5.74) is 2.38. The van der Waals surface area contributed by atoms with E-state index in [4.69, 9.17) is 0 Å². The summed E-state index contributed by atoms with van der Waals surface area (Å²) >= 11 is 0. The maximum Gasteiger partial charge on any atom is 0.253 e. The molecule has 1 saturated heterocycles. The molecule has 0 unspecified atom stereocenters. The molecule has 1 N–H and O–H groups in total. The lowest BCUT2D eigenvalue weighted by molar-refractivity contribution is 0.0763. The summed E-state index contributed by atoms with van der Waals surface area (Å²) in [5.74, 6) is -0.178. The lowest BCUT2D eigenvalue weighted by Gasteiger charge is -2.20. The highest BCUT2D eigenvalue weighted by atomic mass is 19.1. The van der Waals surface area contributed by atoms with Crippen molar-refractivity contribution >= 4 is 17.3 Å². The average Bonchev–Trinajstić information content (AvgIpc) is 2.82. The van der Waals surface area contributed by atoms with Crippen molar-refractivity contribution in [1.29, 1.82) is 0 Å². The van der Waals surface area contributed by atoms with Crippen LogP contribution >= 0.6 is 0 Å². The van der Waals surface area contributed by atoms with Crippen molar-refractivity contribution in [1.82, 2.24) is 9.80 Å². The van der Waals surface area contributed by atoms with E-state index in [1.54, 1.807) is 12.1 Å². The average molecular weight is 327 g/mol. The Hall–Kier alpha value is -2.40. The van der Waals surface area contributed by atoms with Crippen LogP contribution in [0, 0.1) is 5.82 Å². The number of carbonyl (C=O) groups is 1. The first-order valence-corrected chi connectivity index (χ1v) is 8.22. The van der Waals surface area contributed by atoms with Crippen LogP contribution in [0.2, 0.25) is 0 Å². The molecule has 1 heterocycles. The first-order valence-electron chi connectivity index (χ1n) is 8.22. The highest BCUT2D eigenvalue weighted by Crippen LogP contribution is 2.18. The van der Waals surface area contributed by atoms with Gasteiger partial charge in [0.1, 0.15) is 5.82 Å². The zero-order valence-corrected chi connectivity index (χ0v) is 13.8. The molecule has 1 amide bonds. The molecule has 1 aliphatic rings. The number of carbonyl (C=O) groups excluding carboxylic acids is 1. The van der Waals surface area contributed by atoms with E-state index in [1.807, 2.05) is 29.2 Å². The summed E-state index contributed by atoms with van der Waals surface area (Å²) in [6.45, 7) is 3.52. The number of hydrogen-bond donors (Lipinski definition) is 1. The highest BCUT2D eigenvalue weighted by Gasteiger charge is 2.18. The van der Waals surface area contributed by atoms with Gasteiger partial charge in [-0.1, -0.05) is 0 Å². The Labute approximate surface area is 141 Å². The Morgan fingerprint density at radius 2 is 1.54 bits per heavy atom. The number of hydrogen-bond acceptors (Lipinski definition) is 3. The molecule has 2 aromatic rings. The van der Waals surface area contributed by atoms with Gasteiger partial charge in [-0.2, -0.15) is 0 Å². The zero-order chi connectivity index (χ0) is 16.9. The van der Waals surface area contributed by atoms with Gasteiger partial charge in [-0.3, -0.25) is 4.79 Å². The van der Waals surface area contributed by atoms with Crippen molar-refractivity contribution < 1.29 is 9.18 Å². The van der Waals surface area contributed by atoms with E-state index in [2.05, 4.69) is 17.3 Å². The fraction of sp³-hybridized carbons (Fsp3) is 0.316. The van der Waals surface area contributed by atoms with Crippen LogP contribution in [-0.4, -0.2) is 48.9 Å². The molecule has 0 saturated carbocycles. The minimum Gasteiger partial charge on any atom is -0.356 e. The number of rotatable bonds is 3. The van der Waals surface area contributed by atoms with Crippen molar-refractivity contribution in [2.24, 2.45) is 0 Å². The van der Waals surface area contributed by atoms with Crippen molar-refractivity contribution in [2.75, 3.05) is 38.5 Å².